The van der Waals surface area contributed by atoms with Gasteiger partial charge in [-0.15, -0.1) is 0 Å². The lowest BCUT2D eigenvalue weighted by atomic mass is 10.0. The highest BCUT2D eigenvalue weighted by molar-refractivity contribution is 8.02. The van der Waals surface area contributed by atoms with Gasteiger partial charge in [0.2, 0.25) is 0 Å². The van der Waals surface area contributed by atoms with E-state index in [1.165, 1.54) is 0 Å². The Morgan fingerprint density at radius 2 is 1.79 bits per heavy atom. The number of nitrogens with zero attached hydrogens (tertiary/aromatic N) is 2. The molecule has 4 heteroatoms. The SMILES string of the molecule is COc1ccc2cc(C3=CSc4ccccc4N3C#N)ccc2c1. The largest absolute Gasteiger partial charge is 0.497 e. The molecule has 116 valence electrons. The van der Waals surface area contributed by atoms with E-state index in [4.69, 9.17) is 4.74 Å². The Hall–Kier alpha value is -2.90. The molecule has 0 amide bonds. The number of benzene rings is 3. The van der Waals surface area contributed by atoms with Gasteiger partial charge < -0.3 is 4.74 Å². The van der Waals surface area contributed by atoms with Crippen molar-refractivity contribution in [3.63, 3.8) is 0 Å². The number of anilines is 1. The topological polar surface area (TPSA) is 36.3 Å². The van der Waals surface area contributed by atoms with Crippen molar-refractivity contribution in [1.29, 1.82) is 5.26 Å². The molecule has 0 saturated heterocycles. The number of para-hydroxylation sites is 1. The normalized spacial score (nSPS) is 13.2. The smallest absolute Gasteiger partial charge is 0.189 e. The second-order valence-electron chi connectivity index (χ2n) is 5.45. The molecule has 0 aromatic heterocycles. The average Bonchev–Trinajstić information content (AvgIpc) is 2.66. The number of rotatable bonds is 2. The molecule has 1 heterocycles. The number of fused-ring (bicyclic) bond motifs is 2. The monoisotopic (exact) mass is 330 g/mol. The summed E-state index contributed by atoms with van der Waals surface area (Å²) < 4.78 is 5.28. The van der Waals surface area contributed by atoms with Gasteiger partial charge in [0.05, 0.1) is 18.5 Å². The fourth-order valence-electron chi connectivity index (χ4n) is 2.86. The van der Waals surface area contributed by atoms with Crippen LogP contribution in [0, 0.1) is 11.5 Å². The molecule has 0 aliphatic carbocycles. The van der Waals surface area contributed by atoms with Crippen molar-refractivity contribution in [2.45, 2.75) is 4.90 Å². The Morgan fingerprint density at radius 3 is 2.62 bits per heavy atom. The van der Waals surface area contributed by atoms with E-state index in [0.29, 0.717) is 0 Å². The van der Waals surface area contributed by atoms with Crippen LogP contribution in [0.5, 0.6) is 5.75 Å². The molecule has 3 aromatic carbocycles. The second kappa shape index (κ2) is 5.95. The van der Waals surface area contributed by atoms with E-state index < -0.39 is 0 Å². The Balaban J connectivity index is 1.80. The molecule has 0 unspecified atom stereocenters. The molecule has 0 N–H and O–H groups in total. The Labute approximate surface area is 144 Å². The standard InChI is InChI=1S/C20H14N2OS/c1-23-17-9-8-14-10-16(7-6-15(14)11-17)19-12-24-20-5-3-2-4-18(20)22(19)13-21/h2-12H,1H3. The van der Waals surface area contributed by atoms with Crippen LogP contribution in [-0.2, 0) is 0 Å². The van der Waals surface area contributed by atoms with Crippen molar-refractivity contribution in [2.24, 2.45) is 0 Å². The van der Waals surface area contributed by atoms with Gasteiger partial charge in [0, 0.05) is 15.9 Å². The molecule has 4 rings (SSSR count). The van der Waals surface area contributed by atoms with Gasteiger partial charge in [-0.2, -0.15) is 5.26 Å². The minimum Gasteiger partial charge on any atom is -0.497 e. The number of thioether (sulfide) groups is 1. The highest BCUT2D eigenvalue weighted by Gasteiger charge is 2.21. The van der Waals surface area contributed by atoms with Crippen molar-refractivity contribution in [3.8, 4) is 11.9 Å². The third kappa shape index (κ3) is 2.40. The number of ether oxygens (including phenoxy) is 1. The van der Waals surface area contributed by atoms with Crippen molar-refractivity contribution >= 4 is 33.9 Å². The highest BCUT2D eigenvalue weighted by atomic mass is 32.2. The number of hydrogen-bond donors (Lipinski definition) is 0. The zero-order valence-electron chi connectivity index (χ0n) is 13.1. The van der Waals surface area contributed by atoms with Crippen LogP contribution in [0.25, 0.3) is 16.5 Å². The molecule has 0 atom stereocenters. The summed E-state index contributed by atoms with van der Waals surface area (Å²) in [4.78, 5) is 2.78. The molecule has 0 bridgehead atoms. The number of methoxy groups -OCH3 is 1. The van der Waals surface area contributed by atoms with E-state index in [-0.39, 0.29) is 0 Å². The first-order chi connectivity index (χ1) is 11.8. The molecule has 3 aromatic rings. The van der Waals surface area contributed by atoms with Crippen molar-refractivity contribution in [2.75, 3.05) is 12.0 Å². The maximum Gasteiger partial charge on any atom is 0.189 e. The lowest BCUT2D eigenvalue weighted by Crippen LogP contribution is -2.17. The summed E-state index contributed by atoms with van der Waals surface area (Å²) in [5.41, 5.74) is 2.85. The van der Waals surface area contributed by atoms with Crippen LogP contribution in [0.4, 0.5) is 5.69 Å². The van der Waals surface area contributed by atoms with Crippen LogP contribution >= 0.6 is 11.8 Å². The lowest BCUT2D eigenvalue weighted by molar-refractivity contribution is 0.415. The van der Waals surface area contributed by atoms with Crippen molar-refractivity contribution < 1.29 is 4.74 Å². The molecule has 0 radical (unpaired) electrons. The zero-order chi connectivity index (χ0) is 16.5. The van der Waals surface area contributed by atoms with Gasteiger partial charge in [-0.3, -0.25) is 0 Å². The van der Waals surface area contributed by atoms with Gasteiger partial charge in [0.25, 0.3) is 0 Å². The van der Waals surface area contributed by atoms with Gasteiger partial charge in [0.15, 0.2) is 6.19 Å². The van der Waals surface area contributed by atoms with Crippen LogP contribution in [0.1, 0.15) is 5.56 Å². The van der Waals surface area contributed by atoms with E-state index in [9.17, 15) is 5.26 Å². The molecule has 24 heavy (non-hydrogen) atoms. The average molecular weight is 330 g/mol. The predicted molar refractivity (Wildman–Crippen MR) is 98.9 cm³/mol. The van der Waals surface area contributed by atoms with Crippen LogP contribution in [0.15, 0.2) is 71.0 Å². The summed E-state index contributed by atoms with van der Waals surface area (Å²) in [6.45, 7) is 0. The first-order valence-corrected chi connectivity index (χ1v) is 8.42. The quantitative estimate of drug-likeness (QED) is 0.602. The van der Waals surface area contributed by atoms with Gasteiger partial charge in [0.1, 0.15) is 5.75 Å². The molecule has 1 aliphatic rings. The fraction of sp³-hybridized carbons (Fsp3) is 0.0500. The van der Waals surface area contributed by atoms with Crippen LogP contribution in [0.2, 0.25) is 0 Å². The summed E-state index contributed by atoms with van der Waals surface area (Å²) in [6.07, 6.45) is 2.31. The van der Waals surface area contributed by atoms with Crippen LogP contribution in [-0.4, -0.2) is 7.11 Å². The Bertz CT molecular complexity index is 1000. The van der Waals surface area contributed by atoms with E-state index in [0.717, 1.165) is 38.4 Å². The summed E-state index contributed by atoms with van der Waals surface area (Å²) >= 11 is 1.65. The molecular formula is C20H14N2OS. The van der Waals surface area contributed by atoms with Gasteiger partial charge in [-0.05, 0) is 41.1 Å². The predicted octanol–water partition coefficient (Wildman–Crippen LogP) is 5.24. The van der Waals surface area contributed by atoms with E-state index >= 15 is 0 Å². The minimum absolute atomic E-state index is 0.843. The number of nitriles is 1. The summed E-state index contributed by atoms with van der Waals surface area (Å²) in [5, 5.41) is 13.9. The maximum atomic E-state index is 9.66. The second-order valence-corrected chi connectivity index (χ2v) is 6.36. The molecular weight excluding hydrogens is 316 g/mol. The van der Waals surface area contributed by atoms with Crippen LogP contribution in [0.3, 0.4) is 0 Å². The molecule has 0 fully saturated rings. The number of hydrogen-bond acceptors (Lipinski definition) is 4. The minimum atomic E-state index is 0.843. The van der Waals surface area contributed by atoms with E-state index in [1.807, 2.05) is 53.9 Å². The molecule has 0 saturated carbocycles. The molecule has 3 nitrogen and oxygen atoms in total. The molecule has 0 spiro atoms. The van der Waals surface area contributed by atoms with Crippen molar-refractivity contribution in [3.05, 3.63) is 71.6 Å². The highest BCUT2D eigenvalue weighted by Crippen LogP contribution is 2.41. The maximum absolute atomic E-state index is 9.66. The lowest BCUT2D eigenvalue weighted by Gasteiger charge is -2.25. The third-order valence-corrected chi connectivity index (χ3v) is 5.03. The molecule has 1 aliphatic heterocycles. The first kappa shape index (κ1) is 14.7. The summed E-state index contributed by atoms with van der Waals surface area (Å²) in [7, 11) is 1.67. The van der Waals surface area contributed by atoms with Gasteiger partial charge in [-0.1, -0.05) is 42.1 Å². The van der Waals surface area contributed by atoms with E-state index in [2.05, 4.69) is 18.3 Å². The fourth-order valence-corrected chi connectivity index (χ4v) is 3.78. The van der Waals surface area contributed by atoms with Gasteiger partial charge >= 0.3 is 0 Å². The zero-order valence-corrected chi connectivity index (χ0v) is 13.9. The van der Waals surface area contributed by atoms with E-state index in [1.54, 1.807) is 23.8 Å². The van der Waals surface area contributed by atoms with Crippen LogP contribution < -0.4 is 9.64 Å². The summed E-state index contributed by atoms with van der Waals surface area (Å²) in [6, 6.07) is 20.2. The Morgan fingerprint density at radius 1 is 1.00 bits per heavy atom. The van der Waals surface area contributed by atoms with Crippen molar-refractivity contribution in [1.82, 2.24) is 0 Å². The summed E-state index contributed by atoms with van der Waals surface area (Å²) in [5.74, 6) is 0.843. The first-order valence-electron chi connectivity index (χ1n) is 7.54. The Kier molecular flexibility index (Phi) is 3.64. The third-order valence-electron chi connectivity index (χ3n) is 4.09. The van der Waals surface area contributed by atoms with Gasteiger partial charge in [-0.25, -0.2) is 4.90 Å².